The number of hydrogen-bond acceptors (Lipinski definition) is 2. The van der Waals surface area contributed by atoms with Crippen LogP contribution in [0.4, 0.5) is 5.69 Å². The summed E-state index contributed by atoms with van der Waals surface area (Å²) in [5.74, 6) is 0.957. The van der Waals surface area contributed by atoms with E-state index in [1.54, 1.807) is 0 Å². The largest absolute Gasteiger partial charge is 0.312 e. The highest BCUT2D eigenvalue weighted by Gasteiger charge is 2.30. The van der Waals surface area contributed by atoms with E-state index in [9.17, 15) is 4.79 Å². The highest BCUT2D eigenvalue weighted by molar-refractivity contribution is 5.94. The summed E-state index contributed by atoms with van der Waals surface area (Å²) in [7, 11) is 0. The van der Waals surface area contributed by atoms with Crippen molar-refractivity contribution in [2.75, 3.05) is 18.0 Å². The monoisotopic (exact) mass is 272 g/mol. The Morgan fingerprint density at radius 3 is 2.80 bits per heavy atom. The van der Waals surface area contributed by atoms with Crippen LogP contribution < -0.4 is 10.2 Å². The maximum Gasteiger partial charge on any atom is 0.227 e. The van der Waals surface area contributed by atoms with Gasteiger partial charge in [0.05, 0.1) is 0 Å². The number of nitrogens with one attached hydrogen (secondary N) is 1. The number of nitrogens with zero attached hydrogens (tertiary/aromatic N) is 1. The molecule has 2 aliphatic rings. The molecule has 0 spiro atoms. The lowest BCUT2D eigenvalue weighted by Gasteiger charge is -2.36. The molecule has 1 N–H and O–H groups in total. The fourth-order valence-corrected chi connectivity index (χ4v) is 3.33. The highest BCUT2D eigenvalue weighted by atomic mass is 16.2. The third-order valence-corrected chi connectivity index (χ3v) is 4.68. The fraction of sp³-hybridized carbons (Fsp3) is 0.588. The van der Waals surface area contributed by atoms with Crippen LogP contribution in [-0.2, 0) is 4.79 Å². The summed E-state index contributed by atoms with van der Waals surface area (Å²) in [6, 6.07) is 8.76. The molecule has 1 atom stereocenters. The topological polar surface area (TPSA) is 32.3 Å². The SMILES string of the molecule is CCNC1CCN(C(=O)CC2CCC2)c2ccccc21. The number of anilines is 1. The van der Waals surface area contributed by atoms with Crippen LogP contribution in [0.15, 0.2) is 24.3 Å². The molecule has 1 unspecified atom stereocenters. The lowest BCUT2D eigenvalue weighted by molar-refractivity contribution is -0.120. The Morgan fingerprint density at radius 1 is 1.30 bits per heavy atom. The third kappa shape index (κ3) is 2.59. The predicted molar refractivity (Wildman–Crippen MR) is 81.8 cm³/mol. The number of para-hydroxylation sites is 1. The average Bonchev–Trinajstić information content (AvgIpc) is 2.43. The maximum absolute atomic E-state index is 12.5. The first-order chi connectivity index (χ1) is 9.79. The first-order valence-electron chi connectivity index (χ1n) is 7.92. The number of benzene rings is 1. The van der Waals surface area contributed by atoms with Crippen molar-refractivity contribution < 1.29 is 4.79 Å². The van der Waals surface area contributed by atoms with E-state index in [0.717, 1.165) is 31.6 Å². The molecule has 0 aromatic heterocycles. The maximum atomic E-state index is 12.5. The number of hydrogen-bond donors (Lipinski definition) is 1. The van der Waals surface area contributed by atoms with Crippen LogP contribution in [0.2, 0.25) is 0 Å². The Morgan fingerprint density at radius 2 is 2.10 bits per heavy atom. The van der Waals surface area contributed by atoms with Crippen molar-refractivity contribution in [2.24, 2.45) is 5.92 Å². The van der Waals surface area contributed by atoms with Crippen molar-refractivity contribution in [3.05, 3.63) is 29.8 Å². The second kappa shape index (κ2) is 5.96. The molecule has 1 fully saturated rings. The van der Waals surface area contributed by atoms with E-state index < -0.39 is 0 Å². The van der Waals surface area contributed by atoms with Crippen LogP contribution in [0, 0.1) is 5.92 Å². The van der Waals surface area contributed by atoms with Crippen LogP contribution in [0.1, 0.15) is 50.6 Å². The summed E-state index contributed by atoms with van der Waals surface area (Å²) in [6.45, 7) is 3.95. The Balaban J connectivity index is 1.78. The normalized spacial score (nSPS) is 22.2. The highest BCUT2D eigenvalue weighted by Crippen LogP contribution is 2.36. The molecule has 1 aromatic carbocycles. The van der Waals surface area contributed by atoms with Gasteiger partial charge in [0.2, 0.25) is 5.91 Å². The van der Waals surface area contributed by atoms with Gasteiger partial charge in [0.15, 0.2) is 0 Å². The lowest BCUT2D eigenvalue weighted by atomic mass is 9.82. The molecule has 0 saturated heterocycles. The first-order valence-corrected chi connectivity index (χ1v) is 7.92. The zero-order valence-electron chi connectivity index (χ0n) is 12.3. The number of fused-ring (bicyclic) bond motifs is 1. The quantitative estimate of drug-likeness (QED) is 0.912. The van der Waals surface area contributed by atoms with Crippen LogP contribution in [-0.4, -0.2) is 19.0 Å². The van der Waals surface area contributed by atoms with E-state index in [2.05, 4.69) is 30.4 Å². The molecule has 1 saturated carbocycles. The zero-order chi connectivity index (χ0) is 13.9. The van der Waals surface area contributed by atoms with E-state index in [1.807, 2.05) is 11.0 Å². The molecule has 3 nitrogen and oxygen atoms in total. The number of carbonyl (C=O) groups is 1. The predicted octanol–water partition coefficient (Wildman–Crippen LogP) is 3.26. The Bertz CT molecular complexity index is 482. The molecule has 108 valence electrons. The van der Waals surface area contributed by atoms with Gasteiger partial charge in [-0.15, -0.1) is 0 Å². The molecule has 1 aromatic rings. The lowest BCUT2D eigenvalue weighted by Crippen LogP contribution is -2.40. The Hall–Kier alpha value is -1.35. The van der Waals surface area contributed by atoms with E-state index in [1.165, 1.54) is 24.8 Å². The van der Waals surface area contributed by atoms with Crippen LogP contribution in [0.5, 0.6) is 0 Å². The van der Waals surface area contributed by atoms with Crippen molar-refractivity contribution in [1.82, 2.24) is 5.32 Å². The number of rotatable bonds is 4. The third-order valence-electron chi connectivity index (χ3n) is 4.68. The van der Waals surface area contributed by atoms with Gasteiger partial charge in [0.1, 0.15) is 0 Å². The molecule has 3 rings (SSSR count). The van der Waals surface area contributed by atoms with Crippen molar-refractivity contribution in [3.8, 4) is 0 Å². The minimum Gasteiger partial charge on any atom is -0.312 e. The summed E-state index contributed by atoms with van der Waals surface area (Å²) in [5.41, 5.74) is 2.40. The zero-order valence-corrected chi connectivity index (χ0v) is 12.3. The Kier molecular flexibility index (Phi) is 4.06. The second-order valence-electron chi connectivity index (χ2n) is 6.00. The van der Waals surface area contributed by atoms with Gasteiger partial charge >= 0.3 is 0 Å². The van der Waals surface area contributed by atoms with Gasteiger partial charge in [-0.1, -0.05) is 31.5 Å². The van der Waals surface area contributed by atoms with E-state index >= 15 is 0 Å². The van der Waals surface area contributed by atoms with Gasteiger partial charge in [0.25, 0.3) is 0 Å². The van der Waals surface area contributed by atoms with Gasteiger partial charge in [-0.3, -0.25) is 4.79 Å². The van der Waals surface area contributed by atoms with Crippen LogP contribution in [0.3, 0.4) is 0 Å². The van der Waals surface area contributed by atoms with Gasteiger partial charge in [-0.2, -0.15) is 0 Å². The van der Waals surface area contributed by atoms with Crippen LogP contribution >= 0.6 is 0 Å². The van der Waals surface area contributed by atoms with Gasteiger partial charge in [-0.05, 0) is 43.4 Å². The Labute approximate surface area is 121 Å². The van der Waals surface area contributed by atoms with E-state index in [0.29, 0.717) is 17.9 Å². The molecular formula is C17H24N2O. The summed E-state index contributed by atoms with van der Waals surface area (Å²) in [5, 5.41) is 3.53. The van der Waals surface area contributed by atoms with E-state index in [-0.39, 0.29) is 0 Å². The van der Waals surface area contributed by atoms with Crippen molar-refractivity contribution in [3.63, 3.8) is 0 Å². The summed E-state index contributed by atoms with van der Waals surface area (Å²) >= 11 is 0. The van der Waals surface area contributed by atoms with E-state index in [4.69, 9.17) is 0 Å². The molecule has 0 bridgehead atoms. The van der Waals surface area contributed by atoms with Crippen molar-refractivity contribution in [2.45, 2.75) is 45.1 Å². The molecular weight excluding hydrogens is 248 g/mol. The molecule has 3 heteroatoms. The smallest absolute Gasteiger partial charge is 0.227 e. The number of carbonyl (C=O) groups excluding carboxylic acids is 1. The van der Waals surface area contributed by atoms with Crippen molar-refractivity contribution in [1.29, 1.82) is 0 Å². The molecule has 1 heterocycles. The second-order valence-corrected chi connectivity index (χ2v) is 6.00. The standard InChI is InChI=1S/C17H24N2O/c1-2-18-15-10-11-19(16-9-4-3-8-14(15)16)17(20)12-13-6-5-7-13/h3-4,8-9,13,15,18H,2,5-7,10-12H2,1H3. The molecule has 1 aliphatic heterocycles. The van der Waals surface area contributed by atoms with Crippen LogP contribution in [0.25, 0.3) is 0 Å². The van der Waals surface area contributed by atoms with Gasteiger partial charge < -0.3 is 10.2 Å². The molecule has 1 aliphatic carbocycles. The summed E-state index contributed by atoms with van der Waals surface area (Å²) in [4.78, 5) is 14.5. The fourth-order valence-electron chi connectivity index (χ4n) is 3.33. The van der Waals surface area contributed by atoms with Gasteiger partial charge in [0, 0.05) is 24.7 Å². The first kappa shape index (κ1) is 13.6. The minimum absolute atomic E-state index is 0.317. The minimum atomic E-state index is 0.317. The molecule has 0 radical (unpaired) electrons. The average molecular weight is 272 g/mol. The summed E-state index contributed by atoms with van der Waals surface area (Å²) in [6.07, 6.45) is 5.53. The van der Waals surface area contributed by atoms with Crippen molar-refractivity contribution >= 4 is 11.6 Å². The summed E-state index contributed by atoms with van der Waals surface area (Å²) < 4.78 is 0. The molecule has 1 amide bonds. The number of amides is 1. The molecule has 20 heavy (non-hydrogen) atoms. The van der Waals surface area contributed by atoms with Gasteiger partial charge in [-0.25, -0.2) is 0 Å².